The molecule has 2 aromatic rings. The van der Waals surface area contributed by atoms with Gasteiger partial charge in [0.25, 0.3) is 5.91 Å². The lowest BCUT2D eigenvalue weighted by Gasteiger charge is -2.44. The van der Waals surface area contributed by atoms with Crippen LogP contribution in [0.3, 0.4) is 0 Å². The van der Waals surface area contributed by atoms with Crippen LogP contribution in [-0.2, 0) is 11.2 Å². The first-order valence-corrected chi connectivity index (χ1v) is 8.19. The molecule has 0 spiro atoms. The maximum absolute atomic E-state index is 12.8. The molecule has 4 heteroatoms. The molecule has 0 N–H and O–H groups in total. The van der Waals surface area contributed by atoms with E-state index in [0.29, 0.717) is 11.1 Å². The standard InChI is InChI=1S/C20H19NO3/c1-21-18-14-6-4-3-5-12(14)7-9-15(18)17-11-13(20(23)24-2)8-10-16(17)19(21)22/h3-6,8,10-11,15,18H,7,9H2,1-2H3/t15-,18-/m1/s1. The first kappa shape index (κ1) is 14.9. The predicted molar refractivity (Wildman–Crippen MR) is 90.1 cm³/mol. The van der Waals surface area contributed by atoms with Crippen LogP contribution in [0.15, 0.2) is 42.5 Å². The highest BCUT2D eigenvalue weighted by Gasteiger charge is 2.41. The van der Waals surface area contributed by atoms with E-state index in [9.17, 15) is 9.59 Å². The van der Waals surface area contributed by atoms with Gasteiger partial charge in [-0.15, -0.1) is 0 Å². The van der Waals surface area contributed by atoms with E-state index >= 15 is 0 Å². The molecule has 0 bridgehead atoms. The van der Waals surface area contributed by atoms with Gasteiger partial charge >= 0.3 is 5.97 Å². The van der Waals surface area contributed by atoms with E-state index in [2.05, 4.69) is 12.1 Å². The summed E-state index contributed by atoms with van der Waals surface area (Å²) < 4.78 is 4.83. The Morgan fingerprint density at radius 1 is 1.17 bits per heavy atom. The number of carbonyl (C=O) groups excluding carboxylic acids is 2. The van der Waals surface area contributed by atoms with Gasteiger partial charge in [0.1, 0.15) is 0 Å². The van der Waals surface area contributed by atoms with Crippen LogP contribution in [0, 0.1) is 0 Å². The van der Waals surface area contributed by atoms with Crippen molar-refractivity contribution in [2.45, 2.75) is 24.8 Å². The fourth-order valence-electron chi connectivity index (χ4n) is 4.17. The molecule has 2 aromatic carbocycles. The summed E-state index contributed by atoms with van der Waals surface area (Å²) in [5.41, 5.74) is 4.71. The fourth-order valence-corrected chi connectivity index (χ4v) is 4.17. The highest BCUT2D eigenvalue weighted by atomic mass is 16.5. The molecule has 122 valence electrons. The number of fused-ring (bicyclic) bond motifs is 5. The number of amides is 1. The summed E-state index contributed by atoms with van der Waals surface area (Å²) >= 11 is 0. The molecule has 0 aromatic heterocycles. The molecular formula is C20H19NO3. The lowest BCUT2D eigenvalue weighted by Crippen LogP contribution is -2.42. The maximum Gasteiger partial charge on any atom is 0.337 e. The van der Waals surface area contributed by atoms with Gasteiger partial charge in [-0.3, -0.25) is 4.79 Å². The van der Waals surface area contributed by atoms with Crippen molar-refractivity contribution in [3.63, 3.8) is 0 Å². The second-order valence-electron chi connectivity index (χ2n) is 6.50. The van der Waals surface area contributed by atoms with Gasteiger partial charge in [-0.05, 0) is 47.7 Å². The van der Waals surface area contributed by atoms with E-state index < -0.39 is 0 Å². The van der Waals surface area contributed by atoms with Crippen LogP contribution in [-0.4, -0.2) is 30.9 Å². The molecule has 0 radical (unpaired) electrons. The number of esters is 1. The average Bonchev–Trinajstić information content (AvgIpc) is 2.64. The Morgan fingerprint density at radius 2 is 1.96 bits per heavy atom. The van der Waals surface area contributed by atoms with Crippen molar-refractivity contribution >= 4 is 11.9 Å². The molecule has 1 aliphatic carbocycles. The van der Waals surface area contributed by atoms with Crippen molar-refractivity contribution in [1.82, 2.24) is 4.90 Å². The molecule has 0 saturated carbocycles. The minimum atomic E-state index is -0.364. The van der Waals surface area contributed by atoms with Crippen molar-refractivity contribution < 1.29 is 14.3 Å². The molecule has 24 heavy (non-hydrogen) atoms. The molecule has 2 aliphatic rings. The summed E-state index contributed by atoms with van der Waals surface area (Å²) in [6, 6.07) is 13.6. The lowest BCUT2D eigenvalue weighted by atomic mass is 9.72. The number of ether oxygens (including phenoxy) is 1. The quantitative estimate of drug-likeness (QED) is 0.757. The normalized spacial score (nSPS) is 21.6. The van der Waals surface area contributed by atoms with Gasteiger partial charge in [0.2, 0.25) is 0 Å². The number of hydrogen-bond donors (Lipinski definition) is 0. The molecule has 1 aliphatic heterocycles. The summed E-state index contributed by atoms with van der Waals surface area (Å²) in [5, 5.41) is 0. The number of benzene rings is 2. The highest BCUT2D eigenvalue weighted by Crippen LogP contribution is 2.48. The van der Waals surface area contributed by atoms with Crippen molar-refractivity contribution in [3.8, 4) is 0 Å². The number of rotatable bonds is 1. The molecule has 0 fully saturated rings. The van der Waals surface area contributed by atoms with E-state index in [1.54, 1.807) is 12.1 Å². The van der Waals surface area contributed by atoms with Crippen LogP contribution < -0.4 is 0 Å². The Hall–Kier alpha value is -2.62. The fraction of sp³-hybridized carbons (Fsp3) is 0.300. The largest absolute Gasteiger partial charge is 0.465 e. The van der Waals surface area contributed by atoms with Crippen LogP contribution in [0.4, 0.5) is 0 Å². The second-order valence-corrected chi connectivity index (χ2v) is 6.50. The monoisotopic (exact) mass is 321 g/mol. The van der Waals surface area contributed by atoms with Gasteiger partial charge < -0.3 is 9.64 Å². The van der Waals surface area contributed by atoms with E-state index in [4.69, 9.17) is 4.74 Å². The topological polar surface area (TPSA) is 46.6 Å². The highest BCUT2D eigenvalue weighted by molar-refractivity contribution is 5.99. The third kappa shape index (κ3) is 2.06. The van der Waals surface area contributed by atoms with Crippen molar-refractivity contribution in [2.75, 3.05) is 14.2 Å². The van der Waals surface area contributed by atoms with Gasteiger partial charge in [0.15, 0.2) is 0 Å². The van der Waals surface area contributed by atoms with Gasteiger partial charge in [0.05, 0.1) is 18.7 Å². The SMILES string of the molecule is COC(=O)c1ccc2c(c1)[C@H]1CCc3ccccc3[C@H]1N(C)C2=O. The van der Waals surface area contributed by atoms with Gasteiger partial charge in [-0.25, -0.2) is 4.79 Å². The summed E-state index contributed by atoms with van der Waals surface area (Å²) in [5.74, 6) is -0.140. The Morgan fingerprint density at radius 3 is 2.75 bits per heavy atom. The Bertz CT molecular complexity index is 843. The van der Waals surface area contributed by atoms with Crippen molar-refractivity contribution in [1.29, 1.82) is 0 Å². The number of carbonyl (C=O) groups is 2. The number of methoxy groups -OCH3 is 1. The number of hydrogen-bond acceptors (Lipinski definition) is 3. The maximum atomic E-state index is 12.8. The second kappa shape index (κ2) is 5.48. The molecule has 0 saturated heterocycles. The molecule has 4 rings (SSSR count). The first-order chi connectivity index (χ1) is 11.6. The zero-order valence-corrected chi connectivity index (χ0v) is 13.8. The molecule has 0 unspecified atom stereocenters. The summed E-state index contributed by atoms with van der Waals surface area (Å²) in [6.45, 7) is 0. The number of likely N-dealkylation sites (N-methyl/N-ethyl adjacent to an activating group) is 1. The Kier molecular flexibility index (Phi) is 3.41. The van der Waals surface area contributed by atoms with E-state index in [0.717, 1.165) is 18.4 Å². The summed E-state index contributed by atoms with van der Waals surface area (Å²) in [4.78, 5) is 26.6. The van der Waals surface area contributed by atoms with E-state index in [1.165, 1.54) is 18.2 Å². The van der Waals surface area contributed by atoms with Crippen molar-refractivity contribution in [2.24, 2.45) is 0 Å². The molecular weight excluding hydrogens is 302 g/mol. The molecule has 1 heterocycles. The predicted octanol–water partition coefficient (Wildman–Crippen LogP) is 3.33. The van der Waals surface area contributed by atoms with Gasteiger partial charge in [0, 0.05) is 18.5 Å². The van der Waals surface area contributed by atoms with Crippen LogP contribution >= 0.6 is 0 Å². The van der Waals surface area contributed by atoms with Crippen LogP contribution in [0.1, 0.15) is 55.8 Å². The summed E-state index contributed by atoms with van der Waals surface area (Å²) in [7, 11) is 3.25. The third-order valence-electron chi connectivity index (χ3n) is 5.32. The zero-order chi connectivity index (χ0) is 16.8. The van der Waals surface area contributed by atoms with Crippen molar-refractivity contribution in [3.05, 3.63) is 70.3 Å². The number of nitrogens with zero attached hydrogens (tertiary/aromatic N) is 1. The third-order valence-corrected chi connectivity index (χ3v) is 5.32. The molecule has 2 atom stereocenters. The van der Waals surface area contributed by atoms with Gasteiger partial charge in [-0.2, -0.15) is 0 Å². The minimum absolute atomic E-state index is 0.0133. The Labute approximate surface area is 141 Å². The average molecular weight is 321 g/mol. The smallest absolute Gasteiger partial charge is 0.337 e. The molecule has 1 amide bonds. The van der Waals surface area contributed by atoms with E-state index in [-0.39, 0.29) is 23.8 Å². The van der Waals surface area contributed by atoms with Crippen LogP contribution in [0.2, 0.25) is 0 Å². The minimum Gasteiger partial charge on any atom is -0.465 e. The zero-order valence-electron chi connectivity index (χ0n) is 13.8. The Balaban J connectivity index is 1.87. The molecule has 4 nitrogen and oxygen atoms in total. The van der Waals surface area contributed by atoms with Crippen LogP contribution in [0.5, 0.6) is 0 Å². The van der Waals surface area contributed by atoms with Crippen LogP contribution in [0.25, 0.3) is 0 Å². The van der Waals surface area contributed by atoms with Gasteiger partial charge in [-0.1, -0.05) is 24.3 Å². The first-order valence-electron chi connectivity index (χ1n) is 8.19. The number of aryl methyl sites for hydroxylation is 1. The lowest BCUT2D eigenvalue weighted by molar-refractivity contribution is 0.0595. The summed E-state index contributed by atoms with van der Waals surface area (Å²) in [6.07, 6.45) is 1.96. The van der Waals surface area contributed by atoms with E-state index in [1.807, 2.05) is 30.1 Å².